The van der Waals surface area contributed by atoms with Crippen molar-refractivity contribution in [1.82, 2.24) is 9.21 Å². The third-order valence-electron chi connectivity index (χ3n) is 4.59. The number of aromatic carboxylic acids is 1. The molecule has 0 aromatic heterocycles. The second kappa shape index (κ2) is 7.05. The molecule has 1 aliphatic heterocycles. The molecule has 142 valence electrons. The molecule has 0 spiro atoms. The highest BCUT2D eigenvalue weighted by molar-refractivity contribution is 7.99. The van der Waals surface area contributed by atoms with E-state index in [4.69, 9.17) is 5.11 Å². The maximum absolute atomic E-state index is 13.3. The molecule has 9 heteroatoms. The minimum atomic E-state index is -4.61. The Bertz CT molecular complexity index is 702. The number of halogens is 3. The molecule has 1 aliphatic rings. The number of hydrogen-bond donors (Lipinski definition) is 2. The summed E-state index contributed by atoms with van der Waals surface area (Å²) >= 11 is 0. The molecule has 1 fully saturated rings. The molecule has 1 heterocycles. The van der Waals surface area contributed by atoms with E-state index in [9.17, 15) is 22.2 Å². The molecule has 1 saturated heterocycles. The highest BCUT2D eigenvalue weighted by Crippen LogP contribution is 2.34. The van der Waals surface area contributed by atoms with E-state index in [0.717, 1.165) is 6.42 Å². The summed E-state index contributed by atoms with van der Waals surface area (Å²) < 4.78 is 53.8. The van der Waals surface area contributed by atoms with Gasteiger partial charge in [-0.25, -0.2) is 9.10 Å². The van der Waals surface area contributed by atoms with E-state index < -0.39 is 27.8 Å². The van der Waals surface area contributed by atoms with Crippen LogP contribution in [0.3, 0.4) is 0 Å². The maximum Gasteiger partial charge on any atom is 0.416 e. The first-order valence-electron chi connectivity index (χ1n) is 7.83. The highest BCUT2D eigenvalue weighted by atomic mass is 32.3. The Hall–Kier alpha value is -1.45. The van der Waals surface area contributed by atoms with Gasteiger partial charge in [-0.15, -0.1) is 0 Å². The van der Waals surface area contributed by atoms with Gasteiger partial charge in [-0.3, -0.25) is 9.11 Å². The van der Waals surface area contributed by atoms with Crippen molar-refractivity contribution in [3.63, 3.8) is 0 Å². The molecule has 0 bridgehead atoms. The van der Waals surface area contributed by atoms with E-state index in [1.807, 2.05) is 9.21 Å². The molecule has 0 radical (unpaired) electrons. The molecule has 5 nitrogen and oxygen atoms in total. The average Bonchev–Trinajstić information content (AvgIpc) is 2.92. The second-order valence-corrected chi connectivity index (χ2v) is 9.94. The van der Waals surface area contributed by atoms with Crippen LogP contribution in [0.2, 0.25) is 0 Å². The number of likely N-dealkylation sites (N-methyl/N-ethyl adjacent to an activating group) is 1. The molecule has 25 heavy (non-hydrogen) atoms. The first kappa shape index (κ1) is 19.9. The lowest BCUT2D eigenvalue weighted by atomic mass is 10.0. The van der Waals surface area contributed by atoms with Crippen molar-refractivity contribution in [3.8, 4) is 0 Å². The smallest absolute Gasteiger partial charge is 0.416 e. The molecular formula is C16H23F3N2O3S. The van der Waals surface area contributed by atoms with Gasteiger partial charge in [0.2, 0.25) is 0 Å². The van der Waals surface area contributed by atoms with Crippen LogP contribution < -0.4 is 0 Å². The number of nitrogens with zero attached hydrogens (tertiary/aromatic N) is 2. The molecule has 1 N–H and O–H groups in total. The van der Waals surface area contributed by atoms with Crippen molar-refractivity contribution >= 4 is 16.1 Å². The van der Waals surface area contributed by atoms with Crippen molar-refractivity contribution < 1.29 is 27.3 Å². The van der Waals surface area contributed by atoms with Crippen LogP contribution in [0.5, 0.6) is 0 Å². The Morgan fingerprint density at radius 2 is 2.04 bits per heavy atom. The van der Waals surface area contributed by atoms with Crippen molar-refractivity contribution in [2.45, 2.75) is 25.2 Å². The molecule has 0 unspecified atom stereocenters. The number of carboxylic acid groups (broad SMARTS) is 1. The summed E-state index contributed by atoms with van der Waals surface area (Å²) in [5, 5.41) is 8.91. The van der Waals surface area contributed by atoms with E-state index in [2.05, 4.69) is 0 Å². The Labute approximate surface area is 146 Å². The zero-order valence-corrected chi connectivity index (χ0v) is 15.3. The van der Waals surface area contributed by atoms with Gasteiger partial charge in [-0.05, 0) is 31.2 Å². The monoisotopic (exact) mass is 380 g/mol. The van der Waals surface area contributed by atoms with E-state index in [-0.39, 0.29) is 23.7 Å². The third kappa shape index (κ3) is 4.80. The third-order valence-corrected chi connectivity index (χ3v) is 6.44. The summed E-state index contributed by atoms with van der Waals surface area (Å²) in [5.74, 6) is -1.39. The van der Waals surface area contributed by atoms with Crippen LogP contribution in [0.25, 0.3) is 0 Å². The topological polar surface area (TPSA) is 60.9 Å². The van der Waals surface area contributed by atoms with Gasteiger partial charge in [0.1, 0.15) is 0 Å². The molecular weight excluding hydrogens is 357 g/mol. The molecule has 2 rings (SSSR count). The predicted octanol–water partition coefficient (Wildman–Crippen LogP) is 2.10. The van der Waals surface area contributed by atoms with Crippen LogP contribution in [0.4, 0.5) is 13.2 Å². The Kier molecular flexibility index (Phi) is 5.60. The van der Waals surface area contributed by atoms with Gasteiger partial charge in [0.05, 0.1) is 11.1 Å². The van der Waals surface area contributed by atoms with Crippen LogP contribution in [0.1, 0.15) is 27.9 Å². The standard InChI is InChI=1S/C16H23F3N2O3S/c1-20(25(2,3)24)13-6-7-21(10-13)9-12-5-4-11(15(22)23)8-14(12)16(17,18)19/h4-5,8,13,25H,6-7,9-10H2,1-3H3,(H,22,23)/t13-/m1/s1. The summed E-state index contributed by atoms with van der Waals surface area (Å²) in [4.78, 5) is 12.8. The minimum absolute atomic E-state index is 0.0356. The SMILES string of the molecule is CN([C@@H]1CCN(Cc2ccc(C(=O)O)cc2C(F)(F)F)C1)[SH](C)(C)=O. The van der Waals surface area contributed by atoms with E-state index >= 15 is 0 Å². The number of rotatable bonds is 5. The summed E-state index contributed by atoms with van der Waals surface area (Å²) in [7, 11) is -0.632. The molecule has 0 amide bonds. The summed E-state index contributed by atoms with van der Waals surface area (Å²) in [5.41, 5.74) is -1.24. The van der Waals surface area contributed by atoms with Crippen LogP contribution in [-0.4, -0.2) is 63.2 Å². The van der Waals surface area contributed by atoms with Crippen molar-refractivity contribution in [1.29, 1.82) is 0 Å². The van der Waals surface area contributed by atoms with E-state index in [1.54, 1.807) is 19.6 Å². The number of alkyl halides is 3. The van der Waals surface area contributed by atoms with E-state index in [0.29, 0.717) is 19.2 Å². The molecule has 1 aromatic carbocycles. The lowest BCUT2D eigenvalue weighted by Crippen LogP contribution is -2.41. The van der Waals surface area contributed by atoms with Gasteiger partial charge in [0.25, 0.3) is 0 Å². The Morgan fingerprint density at radius 3 is 2.56 bits per heavy atom. The highest BCUT2D eigenvalue weighted by Gasteiger charge is 2.35. The van der Waals surface area contributed by atoms with Crippen LogP contribution >= 0.6 is 0 Å². The van der Waals surface area contributed by atoms with Crippen LogP contribution in [0.15, 0.2) is 18.2 Å². The fourth-order valence-electron chi connectivity index (χ4n) is 3.01. The van der Waals surface area contributed by atoms with Gasteiger partial charge in [0.15, 0.2) is 0 Å². The zero-order valence-electron chi connectivity index (χ0n) is 14.4. The number of benzene rings is 1. The molecule has 1 aromatic rings. The summed E-state index contributed by atoms with van der Waals surface area (Å²) in [6, 6.07) is 3.14. The lowest BCUT2D eigenvalue weighted by Gasteiger charge is -2.32. The number of carboxylic acids is 1. The maximum atomic E-state index is 13.3. The van der Waals surface area contributed by atoms with E-state index in [1.165, 1.54) is 12.1 Å². The fraction of sp³-hybridized carbons (Fsp3) is 0.562. The lowest BCUT2D eigenvalue weighted by molar-refractivity contribution is -0.138. The normalized spacial score (nSPS) is 20.2. The first-order valence-corrected chi connectivity index (χ1v) is 10.4. The quantitative estimate of drug-likeness (QED) is 0.768. The second-order valence-electron chi connectivity index (χ2n) is 6.72. The van der Waals surface area contributed by atoms with Crippen LogP contribution in [0, 0.1) is 0 Å². The van der Waals surface area contributed by atoms with Gasteiger partial charge < -0.3 is 5.11 Å². The Morgan fingerprint density at radius 1 is 1.40 bits per heavy atom. The fourth-order valence-corrected chi connectivity index (χ4v) is 3.98. The predicted molar refractivity (Wildman–Crippen MR) is 91.2 cm³/mol. The van der Waals surface area contributed by atoms with Crippen molar-refractivity contribution in [3.05, 3.63) is 34.9 Å². The van der Waals surface area contributed by atoms with Gasteiger partial charge in [-0.1, -0.05) is 16.2 Å². The summed E-state index contributed by atoms with van der Waals surface area (Å²) in [6.07, 6.45) is -0.542. The van der Waals surface area contributed by atoms with Gasteiger partial charge >= 0.3 is 12.1 Å². The number of likely N-dealkylation sites (tertiary alicyclic amines) is 1. The van der Waals surface area contributed by atoms with Crippen molar-refractivity contribution in [2.24, 2.45) is 0 Å². The number of thiol groups is 1. The Balaban J connectivity index is 2.18. The molecule has 0 aliphatic carbocycles. The minimum Gasteiger partial charge on any atom is -0.478 e. The molecule has 1 atom stereocenters. The largest absolute Gasteiger partial charge is 0.478 e. The number of carbonyl (C=O) groups is 1. The molecule has 0 saturated carbocycles. The van der Waals surface area contributed by atoms with Crippen LogP contribution in [-0.2, 0) is 22.8 Å². The zero-order chi connectivity index (χ0) is 19.0. The van der Waals surface area contributed by atoms with Gasteiger partial charge in [0, 0.05) is 38.2 Å². The summed E-state index contributed by atoms with van der Waals surface area (Å²) in [6.45, 7) is 1.21. The van der Waals surface area contributed by atoms with Crippen molar-refractivity contribution in [2.75, 3.05) is 32.6 Å². The average molecular weight is 380 g/mol. The number of hydrogen-bond acceptors (Lipinski definition) is 3. The first-order chi connectivity index (χ1) is 11.4. The van der Waals surface area contributed by atoms with Gasteiger partial charge in [-0.2, -0.15) is 13.2 Å².